The van der Waals surface area contributed by atoms with Gasteiger partial charge in [-0.15, -0.1) is 0 Å². The second-order valence-corrected chi connectivity index (χ2v) is 4.56. The summed E-state index contributed by atoms with van der Waals surface area (Å²) in [5.41, 5.74) is 1.83. The molecule has 2 rings (SSSR count). The summed E-state index contributed by atoms with van der Waals surface area (Å²) in [7, 11) is 1.94. The SMILES string of the molecule is CCC(CO)NC(=O)Nc1cn(C)c2ccccc12. The van der Waals surface area contributed by atoms with Crippen molar-refractivity contribution in [3.05, 3.63) is 30.5 Å². The van der Waals surface area contributed by atoms with Gasteiger partial charge in [0, 0.05) is 24.1 Å². The number of para-hydroxylation sites is 1. The lowest BCUT2D eigenvalue weighted by Gasteiger charge is -2.14. The summed E-state index contributed by atoms with van der Waals surface area (Å²) < 4.78 is 1.97. The average molecular weight is 261 g/mol. The minimum absolute atomic E-state index is 0.0561. The van der Waals surface area contributed by atoms with Crippen molar-refractivity contribution in [3.63, 3.8) is 0 Å². The molecule has 1 aromatic carbocycles. The van der Waals surface area contributed by atoms with E-state index in [1.54, 1.807) is 0 Å². The summed E-state index contributed by atoms with van der Waals surface area (Å²) in [4.78, 5) is 11.9. The van der Waals surface area contributed by atoms with Crippen LogP contribution in [0.4, 0.5) is 10.5 Å². The molecule has 0 aliphatic rings. The van der Waals surface area contributed by atoms with Crippen LogP contribution in [0.5, 0.6) is 0 Å². The molecule has 0 aliphatic heterocycles. The lowest BCUT2D eigenvalue weighted by Crippen LogP contribution is -2.39. The third-order valence-electron chi connectivity index (χ3n) is 3.19. The van der Waals surface area contributed by atoms with E-state index in [0.29, 0.717) is 6.42 Å². The first kappa shape index (κ1) is 13.4. The van der Waals surface area contributed by atoms with Crippen LogP contribution in [0.1, 0.15) is 13.3 Å². The average Bonchev–Trinajstić information content (AvgIpc) is 2.73. The lowest BCUT2D eigenvalue weighted by atomic mass is 10.2. The highest BCUT2D eigenvalue weighted by molar-refractivity contribution is 6.01. The van der Waals surface area contributed by atoms with Crippen LogP contribution in [0.2, 0.25) is 0 Å². The Labute approximate surface area is 112 Å². The summed E-state index contributed by atoms with van der Waals surface area (Å²) >= 11 is 0. The number of aromatic nitrogens is 1. The minimum atomic E-state index is -0.294. The van der Waals surface area contributed by atoms with Crippen LogP contribution in [0.15, 0.2) is 30.5 Å². The van der Waals surface area contributed by atoms with E-state index >= 15 is 0 Å². The maximum atomic E-state index is 11.9. The Hall–Kier alpha value is -2.01. The van der Waals surface area contributed by atoms with E-state index in [9.17, 15) is 4.79 Å². The van der Waals surface area contributed by atoms with E-state index in [1.807, 2.05) is 49.0 Å². The van der Waals surface area contributed by atoms with Gasteiger partial charge < -0.3 is 20.3 Å². The van der Waals surface area contributed by atoms with Crippen molar-refractivity contribution in [1.82, 2.24) is 9.88 Å². The van der Waals surface area contributed by atoms with Gasteiger partial charge in [0.25, 0.3) is 0 Å². The Balaban J connectivity index is 2.15. The molecule has 19 heavy (non-hydrogen) atoms. The molecule has 0 fully saturated rings. The first-order chi connectivity index (χ1) is 9.15. The number of urea groups is 1. The van der Waals surface area contributed by atoms with Gasteiger partial charge in [-0.1, -0.05) is 25.1 Å². The van der Waals surface area contributed by atoms with E-state index in [0.717, 1.165) is 16.6 Å². The lowest BCUT2D eigenvalue weighted by molar-refractivity contribution is 0.222. The number of rotatable bonds is 4. The fourth-order valence-electron chi connectivity index (χ4n) is 2.06. The number of aliphatic hydroxyl groups is 1. The molecule has 0 radical (unpaired) electrons. The Morgan fingerprint density at radius 2 is 2.16 bits per heavy atom. The second-order valence-electron chi connectivity index (χ2n) is 4.56. The number of amides is 2. The Morgan fingerprint density at radius 1 is 1.42 bits per heavy atom. The van der Waals surface area contributed by atoms with Gasteiger partial charge in [0.1, 0.15) is 0 Å². The zero-order valence-corrected chi connectivity index (χ0v) is 11.2. The fraction of sp³-hybridized carbons (Fsp3) is 0.357. The topological polar surface area (TPSA) is 66.3 Å². The van der Waals surface area contributed by atoms with E-state index in [-0.39, 0.29) is 18.7 Å². The molecule has 0 spiro atoms. The second kappa shape index (κ2) is 5.75. The first-order valence-corrected chi connectivity index (χ1v) is 6.38. The van der Waals surface area contributed by atoms with Gasteiger partial charge >= 0.3 is 6.03 Å². The summed E-state index contributed by atoms with van der Waals surface area (Å²) in [6, 6.07) is 7.36. The van der Waals surface area contributed by atoms with Crippen LogP contribution >= 0.6 is 0 Å². The van der Waals surface area contributed by atoms with Crippen molar-refractivity contribution in [2.45, 2.75) is 19.4 Å². The molecule has 5 nitrogen and oxygen atoms in total. The quantitative estimate of drug-likeness (QED) is 0.788. The van der Waals surface area contributed by atoms with Crippen molar-refractivity contribution in [1.29, 1.82) is 0 Å². The van der Waals surface area contributed by atoms with Crippen LogP contribution in [0.25, 0.3) is 10.9 Å². The van der Waals surface area contributed by atoms with Crippen LogP contribution in [0.3, 0.4) is 0 Å². The number of benzene rings is 1. The van der Waals surface area contributed by atoms with Crippen LogP contribution in [-0.2, 0) is 7.05 Å². The fourth-order valence-corrected chi connectivity index (χ4v) is 2.06. The molecular formula is C14H19N3O2. The number of anilines is 1. The highest BCUT2D eigenvalue weighted by atomic mass is 16.3. The monoisotopic (exact) mass is 261 g/mol. The van der Waals surface area contributed by atoms with Gasteiger partial charge in [-0.2, -0.15) is 0 Å². The normalized spacial score (nSPS) is 12.4. The van der Waals surface area contributed by atoms with Gasteiger partial charge in [0.2, 0.25) is 0 Å². The third-order valence-corrected chi connectivity index (χ3v) is 3.19. The van der Waals surface area contributed by atoms with Crippen molar-refractivity contribution in [2.75, 3.05) is 11.9 Å². The largest absolute Gasteiger partial charge is 0.394 e. The predicted octanol–water partition coefficient (Wildman–Crippen LogP) is 2.07. The Bertz CT molecular complexity index is 573. The van der Waals surface area contributed by atoms with E-state index in [4.69, 9.17) is 5.11 Å². The molecular weight excluding hydrogens is 242 g/mol. The summed E-state index contributed by atoms with van der Waals surface area (Å²) in [6.45, 7) is 1.86. The van der Waals surface area contributed by atoms with Crippen LogP contribution in [0, 0.1) is 0 Å². The van der Waals surface area contributed by atoms with E-state index in [2.05, 4.69) is 10.6 Å². The molecule has 3 N–H and O–H groups in total. The third kappa shape index (κ3) is 2.88. The molecule has 1 atom stereocenters. The van der Waals surface area contributed by atoms with Gasteiger partial charge in [0.05, 0.1) is 18.3 Å². The number of aryl methyl sites for hydroxylation is 1. The zero-order chi connectivity index (χ0) is 13.8. The predicted molar refractivity (Wildman–Crippen MR) is 76.2 cm³/mol. The van der Waals surface area contributed by atoms with E-state index < -0.39 is 0 Å². The molecule has 102 valence electrons. The molecule has 0 bridgehead atoms. The summed E-state index contributed by atoms with van der Waals surface area (Å²) in [5, 5.41) is 15.6. The highest BCUT2D eigenvalue weighted by Crippen LogP contribution is 2.24. The molecule has 1 heterocycles. The molecule has 0 aliphatic carbocycles. The standard InChI is InChI=1S/C14H19N3O2/c1-3-10(9-18)15-14(19)16-12-8-17(2)13-7-5-4-6-11(12)13/h4-8,10,18H,3,9H2,1-2H3,(H2,15,16,19). The molecule has 0 saturated carbocycles. The smallest absolute Gasteiger partial charge is 0.319 e. The van der Waals surface area contributed by atoms with Gasteiger partial charge in [-0.3, -0.25) is 0 Å². The van der Waals surface area contributed by atoms with Crippen LogP contribution in [-0.4, -0.2) is 28.4 Å². The van der Waals surface area contributed by atoms with Crippen molar-refractivity contribution in [2.24, 2.45) is 7.05 Å². The summed E-state index contributed by atoms with van der Waals surface area (Å²) in [5.74, 6) is 0. The Morgan fingerprint density at radius 3 is 2.84 bits per heavy atom. The highest BCUT2D eigenvalue weighted by Gasteiger charge is 2.12. The minimum Gasteiger partial charge on any atom is -0.394 e. The molecule has 5 heteroatoms. The number of nitrogens with zero attached hydrogens (tertiary/aromatic N) is 1. The van der Waals surface area contributed by atoms with Crippen LogP contribution < -0.4 is 10.6 Å². The summed E-state index contributed by atoms with van der Waals surface area (Å²) in [6.07, 6.45) is 2.57. The number of hydrogen-bond acceptors (Lipinski definition) is 2. The van der Waals surface area contributed by atoms with Crippen molar-refractivity contribution >= 4 is 22.6 Å². The van der Waals surface area contributed by atoms with Gasteiger partial charge in [0.15, 0.2) is 0 Å². The van der Waals surface area contributed by atoms with E-state index in [1.165, 1.54) is 0 Å². The number of carbonyl (C=O) groups is 1. The first-order valence-electron chi connectivity index (χ1n) is 6.38. The van der Waals surface area contributed by atoms with Crippen molar-refractivity contribution < 1.29 is 9.90 Å². The molecule has 1 unspecified atom stereocenters. The number of fused-ring (bicyclic) bond motifs is 1. The maximum absolute atomic E-state index is 11.9. The van der Waals surface area contributed by atoms with Gasteiger partial charge in [-0.05, 0) is 12.5 Å². The molecule has 2 aromatic rings. The number of hydrogen-bond donors (Lipinski definition) is 3. The number of nitrogens with one attached hydrogen (secondary N) is 2. The zero-order valence-electron chi connectivity index (χ0n) is 11.2. The van der Waals surface area contributed by atoms with Crippen molar-refractivity contribution in [3.8, 4) is 0 Å². The maximum Gasteiger partial charge on any atom is 0.319 e. The Kier molecular flexibility index (Phi) is 4.06. The number of aliphatic hydroxyl groups excluding tert-OH is 1. The molecule has 0 saturated heterocycles. The molecule has 1 aromatic heterocycles. The number of carbonyl (C=O) groups excluding carboxylic acids is 1. The molecule has 2 amide bonds. The van der Waals surface area contributed by atoms with Gasteiger partial charge in [-0.25, -0.2) is 4.79 Å².